The van der Waals surface area contributed by atoms with Crippen molar-refractivity contribution in [2.45, 2.75) is 13.0 Å². The quantitative estimate of drug-likeness (QED) is 0.143. The van der Waals surface area contributed by atoms with Gasteiger partial charge in [-0.1, -0.05) is 96.5 Å². The standard InChI is InChI=1S/C33H34ClNO2/c1-35(2)22-24-37-31-19-15-29(16-20-31)33(28-11-7-4-8-12-28)32(27-13-17-30(34)18-14-27)21-23-36-25-26-9-5-3-6-10-26/h3-20H,21-25H2,1-2H3/b33-32-. The molecule has 0 heterocycles. The molecule has 0 aliphatic heterocycles. The summed E-state index contributed by atoms with van der Waals surface area (Å²) in [6.07, 6.45) is 0.764. The highest BCUT2D eigenvalue weighted by atomic mass is 35.5. The van der Waals surface area contributed by atoms with Crippen molar-refractivity contribution in [1.82, 2.24) is 4.90 Å². The molecule has 0 aliphatic carbocycles. The van der Waals surface area contributed by atoms with Gasteiger partial charge in [-0.3, -0.25) is 0 Å². The second-order valence-electron chi connectivity index (χ2n) is 9.19. The van der Waals surface area contributed by atoms with Gasteiger partial charge < -0.3 is 14.4 Å². The second-order valence-corrected chi connectivity index (χ2v) is 9.63. The van der Waals surface area contributed by atoms with Crippen molar-refractivity contribution < 1.29 is 9.47 Å². The molecular weight excluding hydrogens is 478 g/mol. The average molecular weight is 512 g/mol. The predicted molar refractivity (Wildman–Crippen MR) is 155 cm³/mol. The zero-order chi connectivity index (χ0) is 25.9. The van der Waals surface area contributed by atoms with Crippen LogP contribution < -0.4 is 4.74 Å². The Labute approximate surface area is 225 Å². The van der Waals surface area contributed by atoms with Crippen LogP contribution in [-0.4, -0.2) is 38.8 Å². The first kappa shape index (κ1) is 26.7. The van der Waals surface area contributed by atoms with Gasteiger partial charge in [-0.2, -0.15) is 0 Å². The van der Waals surface area contributed by atoms with Gasteiger partial charge in [-0.15, -0.1) is 0 Å². The fourth-order valence-corrected chi connectivity index (χ4v) is 4.31. The van der Waals surface area contributed by atoms with Crippen LogP contribution in [0.2, 0.25) is 5.02 Å². The molecule has 0 aromatic heterocycles. The van der Waals surface area contributed by atoms with Crippen LogP contribution in [-0.2, 0) is 11.3 Å². The Balaban J connectivity index is 1.67. The van der Waals surface area contributed by atoms with E-state index in [9.17, 15) is 0 Å². The topological polar surface area (TPSA) is 21.7 Å². The number of ether oxygens (including phenoxy) is 2. The van der Waals surface area contributed by atoms with E-state index in [0.717, 1.165) is 40.4 Å². The number of likely N-dealkylation sites (N-methyl/N-ethyl adjacent to an activating group) is 1. The van der Waals surface area contributed by atoms with Crippen LogP contribution in [0.1, 0.15) is 28.7 Å². The van der Waals surface area contributed by atoms with E-state index in [4.69, 9.17) is 21.1 Å². The van der Waals surface area contributed by atoms with Crippen molar-refractivity contribution in [2.24, 2.45) is 0 Å². The van der Waals surface area contributed by atoms with Crippen molar-refractivity contribution in [3.05, 3.63) is 136 Å². The van der Waals surface area contributed by atoms with Crippen LogP contribution in [0.5, 0.6) is 5.75 Å². The molecule has 0 saturated carbocycles. The smallest absolute Gasteiger partial charge is 0.119 e. The Morgan fingerprint density at radius 3 is 1.92 bits per heavy atom. The molecule has 0 bridgehead atoms. The van der Waals surface area contributed by atoms with Crippen LogP contribution in [0.3, 0.4) is 0 Å². The highest BCUT2D eigenvalue weighted by Crippen LogP contribution is 2.35. The third-order valence-corrected chi connectivity index (χ3v) is 6.37. The van der Waals surface area contributed by atoms with Crippen LogP contribution in [0.15, 0.2) is 109 Å². The monoisotopic (exact) mass is 511 g/mol. The third kappa shape index (κ3) is 8.06. The normalized spacial score (nSPS) is 11.9. The molecule has 0 saturated heterocycles. The lowest BCUT2D eigenvalue weighted by atomic mass is 9.88. The van der Waals surface area contributed by atoms with Crippen molar-refractivity contribution in [3.8, 4) is 5.75 Å². The molecule has 37 heavy (non-hydrogen) atoms. The molecule has 0 atom stereocenters. The first-order valence-electron chi connectivity index (χ1n) is 12.6. The molecule has 0 aliphatic rings. The van der Waals surface area contributed by atoms with Gasteiger partial charge in [0.25, 0.3) is 0 Å². The Morgan fingerprint density at radius 2 is 1.27 bits per heavy atom. The minimum absolute atomic E-state index is 0.592. The lowest BCUT2D eigenvalue weighted by molar-refractivity contribution is 0.126. The summed E-state index contributed by atoms with van der Waals surface area (Å²) in [4.78, 5) is 2.11. The third-order valence-electron chi connectivity index (χ3n) is 6.12. The lowest BCUT2D eigenvalue weighted by Gasteiger charge is -2.18. The van der Waals surface area contributed by atoms with Crippen molar-refractivity contribution in [3.63, 3.8) is 0 Å². The Hall–Kier alpha value is -3.37. The van der Waals surface area contributed by atoms with Gasteiger partial charge in [-0.05, 0) is 78.2 Å². The van der Waals surface area contributed by atoms with Crippen molar-refractivity contribution >= 4 is 22.7 Å². The van der Waals surface area contributed by atoms with Crippen LogP contribution in [0.4, 0.5) is 0 Å². The van der Waals surface area contributed by atoms with Gasteiger partial charge in [0.2, 0.25) is 0 Å². The van der Waals surface area contributed by atoms with E-state index in [2.05, 4.69) is 77.7 Å². The van der Waals surface area contributed by atoms with E-state index >= 15 is 0 Å². The zero-order valence-electron chi connectivity index (χ0n) is 21.6. The number of rotatable bonds is 12. The summed E-state index contributed by atoms with van der Waals surface area (Å²) in [7, 11) is 4.09. The largest absolute Gasteiger partial charge is 0.492 e. The Morgan fingerprint density at radius 1 is 0.676 bits per heavy atom. The maximum absolute atomic E-state index is 6.25. The molecule has 190 valence electrons. The number of nitrogens with zero attached hydrogens (tertiary/aromatic N) is 1. The number of benzene rings is 4. The van der Waals surface area contributed by atoms with Crippen molar-refractivity contribution in [1.29, 1.82) is 0 Å². The van der Waals surface area contributed by atoms with Gasteiger partial charge in [-0.25, -0.2) is 0 Å². The van der Waals surface area contributed by atoms with E-state index < -0.39 is 0 Å². The first-order chi connectivity index (χ1) is 18.1. The van der Waals surface area contributed by atoms with Gasteiger partial charge in [0, 0.05) is 11.6 Å². The molecule has 4 aromatic carbocycles. The zero-order valence-corrected chi connectivity index (χ0v) is 22.3. The van der Waals surface area contributed by atoms with E-state index in [1.54, 1.807) is 0 Å². The molecule has 0 fully saturated rings. The van der Waals surface area contributed by atoms with E-state index in [-0.39, 0.29) is 0 Å². The summed E-state index contributed by atoms with van der Waals surface area (Å²) >= 11 is 6.25. The predicted octanol–water partition coefficient (Wildman–Crippen LogP) is 7.85. The van der Waals surface area contributed by atoms with E-state index in [1.807, 2.05) is 50.5 Å². The van der Waals surface area contributed by atoms with Gasteiger partial charge in [0.1, 0.15) is 12.4 Å². The van der Waals surface area contributed by atoms with E-state index in [0.29, 0.717) is 19.8 Å². The summed E-state index contributed by atoms with van der Waals surface area (Å²) in [6, 6.07) is 37.3. The molecule has 0 radical (unpaired) electrons. The Bertz CT molecular complexity index is 1250. The fourth-order valence-electron chi connectivity index (χ4n) is 4.19. The highest BCUT2D eigenvalue weighted by Gasteiger charge is 2.15. The molecule has 4 aromatic rings. The molecule has 0 spiro atoms. The maximum Gasteiger partial charge on any atom is 0.119 e. The van der Waals surface area contributed by atoms with Crippen LogP contribution in [0.25, 0.3) is 11.1 Å². The fraction of sp³-hybridized carbons (Fsp3) is 0.212. The number of halogens is 1. The lowest BCUT2D eigenvalue weighted by Crippen LogP contribution is -2.19. The summed E-state index contributed by atoms with van der Waals surface area (Å²) < 4.78 is 12.1. The second kappa shape index (κ2) is 13.8. The van der Waals surface area contributed by atoms with Crippen molar-refractivity contribution in [2.75, 3.05) is 33.9 Å². The summed E-state index contributed by atoms with van der Waals surface area (Å²) in [5.41, 5.74) is 7.02. The SMILES string of the molecule is CN(C)CCOc1ccc(/C(=C(/CCOCc2ccccc2)c2ccc(Cl)cc2)c2ccccc2)cc1. The Kier molecular flexibility index (Phi) is 9.96. The molecule has 0 N–H and O–H groups in total. The average Bonchev–Trinajstić information content (AvgIpc) is 2.92. The molecular formula is C33H34ClNO2. The van der Waals surface area contributed by atoms with Crippen LogP contribution >= 0.6 is 11.6 Å². The summed E-state index contributed by atoms with van der Waals surface area (Å²) in [5.74, 6) is 0.872. The van der Waals surface area contributed by atoms with Gasteiger partial charge in [0.05, 0.1) is 13.2 Å². The summed E-state index contributed by atoms with van der Waals surface area (Å²) in [6.45, 7) is 2.73. The molecule has 0 unspecified atom stereocenters. The number of hydrogen-bond acceptors (Lipinski definition) is 3. The minimum Gasteiger partial charge on any atom is -0.492 e. The van der Waals surface area contributed by atoms with Crippen LogP contribution in [0, 0.1) is 0 Å². The first-order valence-corrected chi connectivity index (χ1v) is 13.0. The summed E-state index contributed by atoms with van der Waals surface area (Å²) in [5, 5.41) is 0.726. The van der Waals surface area contributed by atoms with E-state index in [1.165, 1.54) is 16.7 Å². The molecule has 0 amide bonds. The number of hydrogen-bond donors (Lipinski definition) is 0. The molecule has 4 heteroatoms. The van der Waals surface area contributed by atoms with Gasteiger partial charge >= 0.3 is 0 Å². The molecule has 4 rings (SSSR count). The molecule has 3 nitrogen and oxygen atoms in total. The highest BCUT2D eigenvalue weighted by molar-refractivity contribution is 6.30. The minimum atomic E-state index is 0.592. The maximum atomic E-state index is 6.25. The van der Waals surface area contributed by atoms with Gasteiger partial charge in [0.15, 0.2) is 0 Å².